The van der Waals surface area contributed by atoms with Crippen molar-refractivity contribution in [3.63, 3.8) is 0 Å². The number of pyridine rings is 1. The molecule has 16 heteroatoms. The normalized spacial score (nSPS) is 17.5. The van der Waals surface area contributed by atoms with Crippen LogP contribution in [0, 0.1) is 0 Å². The molecule has 1 aliphatic rings. The van der Waals surface area contributed by atoms with Crippen LogP contribution >= 0.6 is 0 Å². The maximum Gasteiger partial charge on any atom is 0.277 e. The van der Waals surface area contributed by atoms with Crippen LogP contribution in [0.25, 0.3) is 22.2 Å². The largest absolute Gasteiger partial charge is 0.417 e. The first kappa shape index (κ1) is 42.7. The van der Waals surface area contributed by atoms with Crippen molar-refractivity contribution >= 4 is 54.5 Å². The number of fused-ring (bicyclic) bond motifs is 1. The molecule has 1 aliphatic heterocycles. The van der Waals surface area contributed by atoms with Crippen LogP contribution < -0.4 is 15.8 Å². The summed E-state index contributed by atoms with van der Waals surface area (Å²) in [6.07, 6.45) is 7.37. The average molecular weight is 811 g/mol. The Morgan fingerprint density at radius 2 is 1.76 bits per heavy atom. The van der Waals surface area contributed by atoms with Gasteiger partial charge >= 0.3 is 0 Å². The summed E-state index contributed by atoms with van der Waals surface area (Å²) < 4.78 is 41.9. The Morgan fingerprint density at radius 1 is 1.05 bits per heavy atom. The molecule has 1 fully saturated rings. The molecule has 5 rings (SSSR count). The molecule has 0 radical (unpaired) electrons. The average Bonchev–Trinajstić information content (AvgIpc) is 3.36. The molecule has 0 bridgehead atoms. The lowest BCUT2D eigenvalue weighted by molar-refractivity contribution is 0.0703. The van der Waals surface area contributed by atoms with Crippen LogP contribution in [0.1, 0.15) is 52.5 Å². The first-order valence-corrected chi connectivity index (χ1v) is 27.7. The Balaban J connectivity index is 1.43. The highest BCUT2D eigenvalue weighted by Crippen LogP contribution is 2.41. The molecule has 0 spiro atoms. The maximum absolute atomic E-state index is 13.3. The molecular formula is C39H62N8O5SSi2. The van der Waals surface area contributed by atoms with Gasteiger partial charge in [-0.2, -0.15) is 4.31 Å². The van der Waals surface area contributed by atoms with E-state index in [1.54, 1.807) is 37.2 Å². The van der Waals surface area contributed by atoms with Crippen LogP contribution in [0.2, 0.25) is 43.8 Å². The fourth-order valence-corrected chi connectivity index (χ4v) is 9.07. The van der Waals surface area contributed by atoms with E-state index in [1.165, 1.54) is 20.8 Å². The Morgan fingerprint density at radius 3 is 2.40 bits per heavy atom. The number of rotatable bonds is 16. The van der Waals surface area contributed by atoms with Crippen LogP contribution in [0.5, 0.6) is 0 Å². The molecule has 0 saturated carbocycles. The van der Waals surface area contributed by atoms with E-state index in [2.05, 4.69) is 101 Å². The molecule has 3 atom stereocenters. The monoisotopic (exact) mass is 810 g/mol. The third-order valence-electron chi connectivity index (χ3n) is 11.6. The number of nitrogens with zero attached hydrogens (tertiary/aromatic N) is 7. The van der Waals surface area contributed by atoms with Crippen molar-refractivity contribution in [2.45, 2.75) is 110 Å². The van der Waals surface area contributed by atoms with Gasteiger partial charge in [-0.1, -0.05) is 53.4 Å². The second kappa shape index (κ2) is 16.2. The van der Waals surface area contributed by atoms with Crippen molar-refractivity contribution < 1.29 is 17.6 Å². The topological polar surface area (TPSA) is 137 Å². The first-order chi connectivity index (χ1) is 25.5. The Labute approximate surface area is 329 Å². The predicted octanol–water partition coefficient (Wildman–Crippen LogP) is 7.23. The molecule has 0 amide bonds. The third kappa shape index (κ3) is 9.76. The Bertz CT molecular complexity index is 2160. The highest BCUT2D eigenvalue weighted by Gasteiger charge is 2.42. The molecular weight excluding hydrogens is 749 g/mol. The molecule has 1 saturated heterocycles. The number of likely N-dealkylation sites (N-methyl/N-ethyl adjacent to an activating group) is 1. The van der Waals surface area contributed by atoms with Crippen molar-refractivity contribution in [1.29, 1.82) is 0 Å². The van der Waals surface area contributed by atoms with E-state index in [0.29, 0.717) is 42.8 Å². The molecule has 1 unspecified atom stereocenters. The van der Waals surface area contributed by atoms with Gasteiger partial charge in [-0.3, -0.25) is 14.2 Å². The van der Waals surface area contributed by atoms with Crippen LogP contribution in [0.3, 0.4) is 0 Å². The quantitative estimate of drug-likeness (QED) is 0.0912. The van der Waals surface area contributed by atoms with Gasteiger partial charge in [-0.05, 0) is 72.6 Å². The minimum atomic E-state index is -3.32. The van der Waals surface area contributed by atoms with Gasteiger partial charge in [0.25, 0.3) is 5.56 Å². The van der Waals surface area contributed by atoms with Crippen LogP contribution in [0.15, 0.2) is 47.7 Å². The summed E-state index contributed by atoms with van der Waals surface area (Å²) >= 11 is 0. The summed E-state index contributed by atoms with van der Waals surface area (Å²) in [5, 5.41) is 5.55. The summed E-state index contributed by atoms with van der Waals surface area (Å²) in [4.78, 5) is 29.5. The van der Waals surface area contributed by atoms with E-state index in [1.807, 2.05) is 6.20 Å². The zero-order valence-corrected chi connectivity index (χ0v) is 37.9. The summed E-state index contributed by atoms with van der Waals surface area (Å²) in [5.74, 6) is 1.62. The minimum absolute atomic E-state index is 0.0132. The van der Waals surface area contributed by atoms with Gasteiger partial charge in [0.05, 0.1) is 12.3 Å². The zero-order valence-electron chi connectivity index (χ0n) is 35.1. The van der Waals surface area contributed by atoms with Gasteiger partial charge in [-0.25, -0.2) is 23.4 Å². The molecule has 4 aromatic rings. The Kier molecular flexibility index (Phi) is 12.6. The van der Waals surface area contributed by atoms with Crippen LogP contribution in [0.4, 0.5) is 17.3 Å². The number of aromatic nitrogens is 5. The fraction of sp³-hybridized carbons (Fsp3) is 0.590. The predicted molar refractivity (Wildman–Crippen MR) is 229 cm³/mol. The standard InChI is InChI=1S/C39H62N8O5SSi2/c1-27(17-19-52-55(12,13)39(3,4)5)29-14-15-33(47-25-34(28(47)2)45(7)53(8,49)50)31-23-41-36(22-30(29)31)42-35-16-18-40-37(43-35)32-24-46(44(6)38(32)48)26-51-20-21-54(9,10)11/h14-16,18,22-24,27-28,34H,17,19-21,25-26H2,1-13H3,(H,40,41,42,43)/t27?,28-,34+/m1/s1. The van der Waals surface area contributed by atoms with E-state index in [0.717, 1.165) is 28.9 Å². The van der Waals surface area contributed by atoms with E-state index < -0.39 is 26.4 Å². The summed E-state index contributed by atoms with van der Waals surface area (Å²) in [7, 11) is -3.08. The molecule has 1 aromatic carbocycles. The van der Waals surface area contributed by atoms with Crippen LogP contribution in [-0.2, 0) is 33.0 Å². The lowest BCUT2D eigenvalue weighted by Crippen LogP contribution is -2.65. The van der Waals surface area contributed by atoms with Crippen LogP contribution in [-0.4, -0.2) is 98.6 Å². The number of benzene rings is 1. The van der Waals surface area contributed by atoms with Crippen molar-refractivity contribution in [1.82, 2.24) is 28.6 Å². The number of sulfonamides is 1. The lowest BCUT2D eigenvalue weighted by Gasteiger charge is -2.51. The van der Waals surface area contributed by atoms with Gasteiger partial charge in [0.2, 0.25) is 10.0 Å². The molecule has 0 aliphatic carbocycles. The molecule has 4 heterocycles. The van der Waals surface area contributed by atoms with Gasteiger partial charge in [0.15, 0.2) is 14.1 Å². The minimum Gasteiger partial charge on any atom is -0.417 e. The van der Waals surface area contributed by atoms with Crippen molar-refractivity contribution in [3.05, 3.63) is 58.8 Å². The van der Waals surface area contributed by atoms with Crippen molar-refractivity contribution in [2.75, 3.05) is 43.3 Å². The fourth-order valence-electron chi connectivity index (χ4n) is 6.52. The number of anilines is 3. The van der Waals surface area contributed by atoms with Crippen molar-refractivity contribution in [3.8, 4) is 11.4 Å². The highest BCUT2D eigenvalue weighted by molar-refractivity contribution is 7.88. The summed E-state index contributed by atoms with van der Waals surface area (Å²) in [5.41, 5.74) is 2.38. The SMILES string of the molecule is CC(CCO[Si](C)(C)C(C)(C)C)c1ccc(N2C[C@H](N(C)S(C)(=O)=O)[C@H]2C)c2cnc(Nc3ccnc(-c4cn(COCC[Si](C)(C)C)n(C)c4=O)n3)cc12. The smallest absolute Gasteiger partial charge is 0.277 e. The number of ether oxygens (including phenoxy) is 1. The van der Waals surface area contributed by atoms with Gasteiger partial charge < -0.3 is 19.4 Å². The van der Waals surface area contributed by atoms with Gasteiger partial charge in [0.1, 0.15) is 23.9 Å². The number of nitrogens with one attached hydrogen (secondary N) is 1. The first-order valence-electron chi connectivity index (χ1n) is 19.2. The van der Waals surface area contributed by atoms with E-state index in [-0.39, 0.29) is 35.3 Å². The van der Waals surface area contributed by atoms with Crippen molar-refractivity contribution in [2.24, 2.45) is 7.05 Å². The zero-order chi connectivity index (χ0) is 40.7. The Hall–Kier alpha value is -3.42. The molecule has 3 aromatic heterocycles. The third-order valence-corrected chi connectivity index (χ3v) is 19.1. The second-order valence-corrected chi connectivity index (χ2v) is 30.3. The number of hydrogen-bond acceptors (Lipinski definition) is 10. The lowest BCUT2D eigenvalue weighted by atomic mass is 9.90. The molecule has 55 heavy (non-hydrogen) atoms. The van der Waals surface area contributed by atoms with Gasteiger partial charge in [-0.15, -0.1) is 0 Å². The summed E-state index contributed by atoms with van der Waals surface area (Å²) in [6.45, 7) is 24.7. The van der Waals surface area contributed by atoms with E-state index in [4.69, 9.17) is 19.1 Å². The maximum atomic E-state index is 13.3. The van der Waals surface area contributed by atoms with E-state index >= 15 is 0 Å². The summed E-state index contributed by atoms with van der Waals surface area (Å²) in [6, 6.07) is 9.06. The highest BCUT2D eigenvalue weighted by atomic mass is 32.2. The molecule has 302 valence electrons. The molecule has 1 N–H and O–H groups in total. The second-order valence-electron chi connectivity index (χ2n) is 17.9. The molecule has 13 nitrogen and oxygen atoms in total. The number of hydrogen-bond donors (Lipinski definition) is 1. The van der Waals surface area contributed by atoms with E-state index in [9.17, 15) is 13.2 Å². The van der Waals surface area contributed by atoms with Gasteiger partial charge in [0, 0.05) is 77.6 Å².